The van der Waals surface area contributed by atoms with Crippen molar-refractivity contribution in [2.75, 3.05) is 0 Å². The third kappa shape index (κ3) is 3.13. The largest absolute Gasteiger partial charge is 0.508 e. The fourth-order valence-electron chi connectivity index (χ4n) is 2.82. The molecule has 0 amide bonds. The molecule has 1 aromatic heterocycles. The molecule has 1 atom stereocenters. The third-order valence-corrected chi connectivity index (χ3v) is 3.82. The van der Waals surface area contributed by atoms with E-state index in [0.717, 1.165) is 31.7 Å². The Bertz CT molecular complexity index is 455. The van der Waals surface area contributed by atoms with Crippen molar-refractivity contribution in [3.63, 3.8) is 0 Å². The second-order valence-electron chi connectivity index (χ2n) is 5.47. The first-order chi connectivity index (χ1) is 8.47. The molecule has 0 spiro atoms. The lowest BCUT2D eigenvalue weighted by molar-refractivity contribution is -0.0201. The van der Waals surface area contributed by atoms with Gasteiger partial charge in [-0.15, -0.1) is 0 Å². The molecule has 4 nitrogen and oxygen atoms in total. The minimum Gasteiger partial charge on any atom is -0.508 e. The summed E-state index contributed by atoms with van der Waals surface area (Å²) in [5.74, 6) is 0.468. The van der Waals surface area contributed by atoms with Crippen molar-refractivity contribution in [1.82, 2.24) is 0 Å². The number of aromatic hydroxyl groups is 1. The molecule has 2 rings (SSSR count). The molecule has 0 radical (unpaired) electrons. The van der Waals surface area contributed by atoms with Crippen LogP contribution in [0.15, 0.2) is 21.3 Å². The zero-order valence-corrected chi connectivity index (χ0v) is 10.7. The van der Waals surface area contributed by atoms with Gasteiger partial charge in [0.2, 0.25) is 0 Å². The van der Waals surface area contributed by atoms with Crippen LogP contribution in [0.25, 0.3) is 0 Å². The van der Waals surface area contributed by atoms with Crippen molar-refractivity contribution >= 4 is 0 Å². The number of aliphatic hydroxyl groups is 1. The average Bonchev–Trinajstić information content (AvgIpc) is 2.28. The SMILES string of the molecule is CC(O)(Cc1cc(O)cc(=O)o1)C1CCCCC1. The molecular formula is C14H20O4. The van der Waals surface area contributed by atoms with Gasteiger partial charge in [-0.2, -0.15) is 0 Å². The third-order valence-electron chi connectivity index (χ3n) is 3.82. The number of hydrogen-bond donors (Lipinski definition) is 2. The van der Waals surface area contributed by atoms with Crippen LogP contribution in [0.2, 0.25) is 0 Å². The first-order valence-electron chi connectivity index (χ1n) is 6.53. The Morgan fingerprint density at radius 2 is 2.00 bits per heavy atom. The van der Waals surface area contributed by atoms with Gasteiger partial charge >= 0.3 is 5.63 Å². The van der Waals surface area contributed by atoms with Gasteiger partial charge < -0.3 is 14.6 Å². The zero-order valence-electron chi connectivity index (χ0n) is 10.7. The van der Waals surface area contributed by atoms with Crippen molar-refractivity contribution in [1.29, 1.82) is 0 Å². The first-order valence-corrected chi connectivity index (χ1v) is 6.53. The van der Waals surface area contributed by atoms with Crippen LogP contribution in [0.1, 0.15) is 44.8 Å². The van der Waals surface area contributed by atoms with E-state index in [1.54, 1.807) is 6.92 Å². The molecule has 4 heteroatoms. The Morgan fingerprint density at radius 1 is 1.33 bits per heavy atom. The summed E-state index contributed by atoms with van der Waals surface area (Å²) in [7, 11) is 0. The highest BCUT2D eigenvalue weighted by Gasteiger charge is 2.33. The van der Waals surface area contributed by atoms with Crippen molar-refractivity contribution in [3.05, 3.63) is 28.3 Å². The molecule has 18 heavy (non-hydrogen) atoms. The van der Waals surface area contributed by atoms with Gasteiger partial charge in [-0.3, -0.25) is 0 Å². The molecule has 0 bridgehead atoms. The molecular weight excluding hydrogens is 232 g/mol. The van der Waals surface area contributed by atoms with E-state index in [4.69, 9.17) is 4.42 Å². The fourth-order valence-corrected chi connectivity index (χ4v) is 2.82. The average molecular weight is 252 g/mol. The Morgan fingerprint density at radius 3 is 2.61 bits per heavy atom. The lowest BCUT2D eigenvalue weighted by Gasteiger charge is -2.35. The summed E-state index contributed by atoms with van der Waals surface area (Å²) < 4.78 is 5.01. The number of hydrogen-bond acceptors (Lipinski definition) is 4. The summed E-state index contributed by atoms with van der Waals surface area (Å²) in [6.07, 6.45) is 5.80. The van der Waals surface area contributed by atoms with Crippen LogP contribution >= 0.6 is 0 Å². The van der Waals surface area contributed by atoms with Crippen LogP contribution in [-0.4, -0.2) is 15.8 Å². The molecule has 1 fully saturated rings. The molecule has 1 saturated carbocycles. The van der Waals surface area contributed by atoms with E-state index in [1.165, 1.54) is 12.5 Å². The molecule has 100 valence electrons. The van der Waals surface area contributed by atoms with E-state index in [0.29, 0.717) is 5.76 Å². The van der Waals surface area contributed by atoms with Gasteiger partial charge in [0.15, 0.2) is 0 Å². The molecule has 0 saturated heterocycles. The lowest BCUT2D eigenvalue weighted by Crippen LogP contribution is -2.38. The minimum absolute atomic E-state index is 0.110. The van der Waals surface area contributed by atoms with E-state index < -0.39 is 11.2 Å². The van der Waals surface area contributed by atoms with E-state index in [2.05, 4.69) is 0 Å². The second kappa shape index (κ2) is 5.14. The van der Waals surface area contributed by atoms with E-state index in [1.807, 2.05) is 0 Å². The Labute approximate surface area is 106 Å². The predicted octanol–water partition coefficient (Wildman–Crippen LogP) is 2.22. The van der Waals surface area contributed by atoms with Crippen LogP contribution in [0.4, 0.5) is 0 Å². The zero-order chi connectivity index (χ0) is 13.2. The molecule has 0 aromatic carbocycles. The Kier molecular flexibility index (Phi) is 3.76. The topological polar surface area (TPSA) is 70.7 Å². The Balaban J connectivity index is 2.13. The van der Waals surface area contributed by atoms with Gasteiger partial charge in [-0.1, -0.05) is 19.3 Å². The van der Waals surface area contributed by atoms with Crippen LogP contribution in [0.5, 0.6) is 5.75 Å². The molecule has 1 unspecified atom stereocenters. The highest BCUT2D eigenvalue weighted by Crippen LogP contribution is 2.34. The van der Waals surface area contributed by atoms with Crippen molar-refractivity contribution in [2.24, 2.45) is 5.92 Å². The van der Waals surface area contributed by atoms with Gasteiger partial charge in [0, 0.05) is 12.5 Å². The standard InChI is InChI=1S/C14H20O4/c1-14(17,10-5-3-2-4-6-10)9-12-7-11(15)8-13(16)18-12/h7-8,10,15,17H,2-6,9H2,1H3. The van der Waals surface area contributed by atoms with Gasteiger partial charge in [-0.25, -0.2) is 4.79 Å². The smallest absolute Gasteiger partial charge is 0.339 e. The fraction of sp³-hybridized carbons (Fsp3) is 0.643. The maximum absolute atomic E-state index is 11.2. The second-order valence-corrected chi connectivity index (χ2v) is 5.47. The summed E-state index contributed by atoms with van der Waals surface area (Å²) in [6.45, 7) is 1.78. The maximum atomic E-state index is 11.2. The predicted molar refractivity (Wildman–Crippen MR) is 67.5 cm³/mol. The number of rotatable bonds is 3. The van der Waals surface area contributed by atoms with E-state index in [-0.39, 0.29) is 18.1 Å². The highest BCUT2D eigenvalue weighted by molar-refractivity contribution is 5.19. The van der Waals surface area contributed by atoms with Gasteiger partial charge in [-0.05, 0) is 25.7 Å². The summed E-state index contributed by atoms with van der Waals surface area (Å²) in [5, 5.41) is 19.9. The summed E-state index contributed by atoms with van der Waals surface area (Å²) >= 11 is 0. The molecule has 1 aliphatic carbocycles. The summed E-state index contributed by atoms with van der Waals surface area (Å²) in [4.78, 5) is 11.2. The maximum Gasteiger partial charge on any atom is 0.339 e. The van der Waals surface area contributed by atoms with Crippen LogP contribution in [0, 0.1) is 5.92 Å². The van der Waals surface area contributed by atoms with Gasteiger partial charge in [0.25, 0.3) is 0 Å². The first kappa shape index (κ1) is 13.1. The van der Waals surface area contributed by atoms with E-state index in [9.17, 15) is 15.0 Å². The molecule has 2 N–H and O–H groups in total. The van der Waals surface area contributed by atoms with E-state index >= 15 is 0 Å². The summed E-state index contributed by atoms with van der Waals surface area (Å²) in [5.41, 5.74) is -1.46. The molecule has 0 aliphatic heterocycles. The van der Waals surface area contributed by atoms with Crippen LogP contribution in [-0.2, 0) is 6.42 Å². The molecule has 1 aromatic rings. The van der Waals surface area contributed by atoms with Crippen molar-refractivity contribution in [2.45, 2.75) is 51.0 Å². The van der Waals surface area contributed by atoms with Crippen molar-refractivity contribution in [3.8, 4) is 5.75 Å². The van der Waals surface area contributed by atoms with Crippen LogP contribution in [0.3, 0.4) is 0 Å². The minimum atomic E-state index is -0.885. The Hall–Kier alpha value is -1.29. The van der Waals surface area contributed by atoms with Crippen molar-refractivity contribution < 1.29 is 14.6 Å². The summed E-state index contributed by atoms with van der Waals surface area (Å²) in [6, 6.07) is 2.43. The van der Waals surface area contributed by atoms with Gasteiger partial charge in [0.05, 0.1) is 11.7 Å². The molecule has 1 heterocycles. The van der Waals surface area contributed by atoms with Gasteiger partial charge in [0.1, 0.15) is 11.5 Å². The van der Waals surface area contributed by atoms with Crippen LogP contribution < -0.4 is 5.63 Å². The highest BCUT2D eigenvalue weighted by atomic mass is 16.4. The monoisotopic (exact) mass is 252 g/mol. The molecule has 1 aliphatic rings. The normalized spacial score (nSPS) is 20.6. The quantitative estimate of drug-likeness (QED) is 0.865. The lowest BCUT2D eigenvalue weighted by atomic mass is 9.76.